The molecule has 1 aliphatic rings. The molecule has 4 heteroatoms. The molecule has 0 radical (unpaired) electrons. The molecule has 1 fully saturated rings. The summed E-state index contributed by atoms with van der Waals surface area (Å²) >= 11 is 0. The van der Waals surface area contributed by atoms with Gasteiger partial charge in [-0.1, -0.05) is 0 Å². The molecule has 1 aliphatic carbocycles. The molecule has 2 N–H and O–H groups in total. The maximum absolute atomic E-state index is 5.98. The maximum Gasteiger partial charge on any atom is 0.122 e. The van der Waals surface area contributed by atoms with Crippen molar-refractivity contribution in [2.75, 3.05) is 14.2 Å². The van der Waals surface area contributed by atoms with Crippen LogP contribution in [0.25, 0.3) is 0 Å². The number of benzene rings is 1. The van der Waals surface area contributed by atoms with Crippen LogP contribution in [-0.2, 0) is 11.3 Å². The average molecular weight is 251 g/mol. The number of hydrogen-bond donors (Lipinski definition) is 1. The quantitative estimate of drug-likeness (QED) is 0.870. The SMILES string of the molecule is COc1cc(CO[C@H]2CCC[C@@H]2N)cc(OC)c1. The Kier molecular flexibility index (Phi) is 4.44. The lowest BCUT2D eigenvalue weighted by atomic mass is 10.2. The minimum Gasteiger partial charge on any atom is -0.497 e. The van der Waals surface area contributed by atoms with Crippen molar-refractivity contribution in [1.82, 2.24) is 0 Å². The molecule has 0 saturated heterocycles. The topological polar surface area (TPSA) is 53.7 Å². The first-order valence-corrected chi connectivity index (χ1v) is 6.32. The van der Waals surface area contributed by atoms with Crippen LogP contribution >= 0.6 is 0 Å². The van der Waals surface area contributed by atoms with Crippen molar-refractivity contribution in [2.45, 2.75) is 38.0 Å². The molecule has 0 spiro atoms. The van der Waals surface area contributed by atoms with Crippen molar-refractivity contribution in [3.63, 3.8) is 0 Å². The molecule has 18 heavy (non-hydrogen) atoms. The third-order valence-corrected chi connectivity index (χ3v) is 3.38. The number of rotatable bonds is 5. The summed E-state index contributed by atoms with van der Waals surface area (Å²) in [6.45, 7) is 0.548. The van der Waals surface area contributed by atoms with Gasteiger partial charge in [0.2, 0.25) is 0 Å². The highest BCUT2D eigenvalue weighted by atomic mass is 16.5. The van der Waals surface area contributed by atoms with Crippen LogP contribution in [0.4, 0.5) is 0 Å². The van der Waals surface area contributed by atoms with Crippen molar-refractivity contribution in [1.29, 1.82) is 0 Å². The Hall–Kier alpha value is -1.26. The Labute approximate surface area is 108 Å². The molecule has 2 atom stereocenters. The molecule has 0 heterocycles. The molecule has 0 unspecified atom stereocenters. The third-order valence-electron chi connectivity index (χ3n) is 3.38. The molecule has 0 aliphatic heterocycles. The molecular formula is C14H21NO3. The lowest BCUT2D eigenvalue weighted by Gasteiger charge is -2.17. The average Bonchev–Trinajstić information content (AvgIpc) is 2.81. The van der Waals surface area contributed by atoms with Crippen molar-refractivity contribution in [3.8, 4) is 11.5 Å². The Bertz CT molecular complexity index is 372. The number of hydrogen-bond acceptors (Lipinski definition) is 4. The van der Waals surface area contributed by atoms with Gasteiger partial charge in [0.15, 0.2) is 0 Å². The maximum atomic E-state index is 5.98. The van der Waals surface area contributed by atoms with Crippen LogP contribution in [0.1, 0.15) is 24.8 Å². The van der Waals surface area contributed by atoms with Crippen LogP contribution in [-0.4, -0.2) is 26.4 Å². The van der Waals surface area contributed by atoms with E-state index in [0.29, 0.717) is 6.61 Å². The smallest absolute Gasteiger partial charge is 0.122 e. The van der Waals surface area contributed by atoms with Crippen LogP contribution in [0.3, 0.4) is 0 Å². The molecule has 0 bridgehead atoms. The molecule has 1 saturated carbocycles. The first-order chi connectivity index (χ1) is 8.72. The van der Waals surface area contributed by atoms with Gasteiger partial charge in [-0.15, -0.1) is 0 Å². The van der Waals surface area contributed by atoms with Crippen molar-refractivity contribution in [3.05, 3.63) is 23.8 Å². The molecule has 4 nitrogen and oxygen atoms in total. The summed E-state index contributed by atoms with van der Waals surface area (Å²) in [7, 11) is 3.29. The Morgan fingerprint density at radius 1 is 1.11 bits per heavy atom. The van der Waals surface area contributed by atoms with Crippen molar-refractivity contribution >= 4 is 0 Å². The zero-order valence-corrected chi connectivity index (χ0v) is 11.0. The van der Waals surface area contributed by atoms with Crippen molar-refractivity contribution in [2.24, 2.45) is 5.73 Å². The molecule has 1 aromatic carbocycles. The lowest BCUT2D eigenvalue weighted by Crippen LogP contribution is -2.31. The summed E-state index contributed by atoms with van der Waals surface area (Å²) in [5.41, 5.74) is 7.03. The zero-order valence-electron chi connectivity index (χ0n) is 11.0. The van der Waals surface area contributed by atoms with Gasteiger partial charge in [0.25, 0.3) is 0 Å². The first-order valence-electron chi connectivity index (χ1n) is 6.32. The van der Waals surface area contributed by atoms with Gasteiger partial charge in [0.05, 0.1) is 26.9 Å². The van der Waals surface area contributed by atoms with Gasteiger partial charge < -0.3 is 19.9 Å². The second-order valence-electron chi connectivity index (χ2n) is 4.67. The molecule has 0 amide bonds. The van der Waals surface area contributed by atoms with Gasteiger partial charge in [-0.05, 0) is 37.0 Å². The number of ether oxygens (including phenoxy) is 3. The van der Waals surface area contributed by atoms with E-state index < -0.39 is 0 Å². The minimum atomic E-state index is 0.178. The van der Waals surface area contributed by atoms with Crippen LogP contribution in [0.15, 0.2) is 18.2 Å². The largest absolute Gasteiger partial charge is 0.497 e. The fourth-order valence-electron chi connectivity index (χ4n) is 2.31. The molecule has 2 rings (SSSR count). The van der Waals surface area contributed by atoms with E-state index in [2.05, 4.69) is 0 Å². The third kappa shape index (κ3) is 3.15. The van der Waals surface area contributed by atoms with Crippen molar-refractivity contribution < 1.29 is 14.2 Å². The highest BCUT2D eigenvalue weighted by molar-refractivity contribution is 5.38. The fraction of sp³-hybridized carbons (Fsp3) is 0.571. The summed E-state index contributed by atoms with van der Waals surface area (Å²) in [5, 5.41) is 0. The van der Waals surface area contributed by atoms with E-state index in [1.165, 1.54) is 0 Å². The van der Waals surface area contributed by atoms with Crippen LogP contribution < -0.4 is 15.2 Å². The van der Waals surface area contributed by atoms with E-state index in [-0.39, 0.29) is 12.1 Å². The van der Waals surface area contributed by atoms with Gasteiger partial charge in [-0.2, -0.15) is 0 Å². The van der Waals surface area contributed by atoms with Gasteiger partial charge in [-0.3, -0.25) is 0 Å². The van der Waals surface area contributed by atoms with E-state index >= 15 is 0 Å². The molecule has 1 aromatic rings. The van der Waals surface area contributed by atoms with Crippen LogP contribution in [0.5, 0.6) is 11.5 Å². The van der Waals surface area contributed by atoms with Gasteiger partial charge in [-0.25, -0.2) is 0 Å². The summed E-state index contributed by atoms with van der Waals surface area (Å²) in [4.78, 5) is 0. The lowest BCUT2D eigenvalue weighted by molar-refractivity contribution is 0.0355. The second kappa shape index (κ2) is 6.07. The summed E-state index contributed by atoms with van der Waals surface area (Å²) in [5.74, 6) is 1.56. The number of nitrogens with two attached hydrogens (primary N) is 1. The normalized spacial score (nSPS) is 23.1. The summed E-state index contributed by atoms with van der Waals surface area (Å²) < 4.78 is 16.3. The zero-order chi connectivity index (χ0) is 13.0. The van der Waals surface area contributed by atoms with Gasteiger partial charge >= 0.3 is 0 Å². The van der Waals surface area contributed by atoms with Crippen LogP contribution in [0.2, 0.25) is 0 Å². The highest BCUT2D eigenvalue weighted by Crippen LogP contribution is 2.25. The van der Waals surface area contributed by atoms with E-state index in [1.54, 1.807) is 14.2 Å². The minimum absolute atomic E-state index is 0.178. The van der Waals surface area contributed by atoms with E-state index in [9.17, 15) is 0 Å². The predicted octanol–water partition coefficient (Wildman–Crippen LogP) is 2.10. The van der Waals surface area contributed by atoms with E-state index in [0.717, 1.165) is 36.3 Å². The Morgan fingerprint density at radius 2 is 1.78 bits per heavy atom. The van der Waals surface area contributed by atoms with Crippen LogP contribution in [0, 0.1) is 0 Å². The standard InChI is InChI=1S/C14H21NO3/c1-16-11-6-10(7-12(8-11)17-2)9-18-14-5-3-4-13(14)15/h6-8,13-14H,3-5,9,15H2,1-2H3/t13-,14-/m0/s1. The highest BCUT2D eigenvalue weighted by Gasteiger charge is 2.24. The molecular weight excluding hydrogens is 230 g/mol. The molecule has 0 aromatic heterocycles. The van der Waals surface area contributed by atoms with Gasteiger partial charge in [0, 0.05) is 12.1 Å². The summed E-state index contributed by atoms with van der Waals surface area (Å²) in [6, 6.07) is 5.95. The Balaban J connectivity index is 1.99. The first kappa shape index (κ1) is 13.2. The van der Waals surface area contributed by atoms with Gasteiger partial charge in [0.1, 0.15) is 11.5 Å². The fourth-order valence-corrected chi connectivity index (χ4v) is 2.31. The monoisotopic (exact) mass is 251 g/mol. The molecule has 100 valence electrons. The van der Waals surface area contributed by atoms with E-state index in [4.69, 9.17) is 19.9 Å². The van der Waals surface area contributed by atoms with E-state index in [1.807, 2.05) is 18.2 Å². The second-order valence-corrected chi connectivity index (χ2v) is 4.67. The number of methoxy groups -OCH3 is 2. The Morgan fingerprint density at radius 3 is 2.28 bits per heavy atom. The predicted molar refractivity (Wildman–Crippen MR) is 69.9 cm³/mol. The summed E-state index contributed by atoms with van der Waals surface area (Å²) in [6.07, 6.45) is 3.46.